The smallest absolute Gasteiger partial charge is 0.235 e. The van der Waals surface area contributed by atoms with Gasteiger partial charge >= 0.3 is 0 Å². The summed E-state index contributed by atoms with van der Waals surface area (Å²) in [7, 11) is 0. The number of rotatable bonds is 3. The Balaban J connectivity index is 0.000000110. The average Bonchev–Trinajstić information content (AvgIpc) is 1.58. The average molecular weight is 1290 g/mol. The Bertz CT molecular complexity index is 6830. The zero-order valence-electron chi connectivity index (χ0n) is 51.9. The maximum atomic E-state index is 6.31. The van der Waals surface area contributed by atoms with Gasteiger partial charge in [0.2, 0.25) is 11.2 Å². The molecule has 0 aliphatic heterocycles. The predicted molar refractivity (Wildman–Crippen MR) is 412 cm³/mol. The maximum absolute atomic E-state index is 6.31. The highest BCUT2D eigenvalue weighted by molar-refractivity contribution is 7.26. The van der Waals surface area contributed by atoms with Crippen molar-refractivity contribution in [2.75, 3.05) is 0 Å². The first-order chi connectivity index (χ1) is 48.0. The molecule has 0 saturated carbocycles. The molecule has 97 heavy (non-hydrogen) atoms. The van der Waals surface area contributed by atoms with E-state index in [1.807, 2.05) is 12.1 Å². The molecule has 20 aromatic rings. The van der Waals surface area contributed by atoms with Crippen LogP contribution in [0.5, 0.6) is 0 Å². The number of fused-ring (bicyclic) bond motifs is 23. The van der Waals surface area contributed by atoms with Gasteiger partial charge in [-0.1, -0.05) is 212 Å². The van der Waals surface area contributed by atoms with Crippen molar-refractivity contribution in [2.45, 2.75) is 6.42 Å². The van der Waals surface area contributed by atoms with Crippen molar-refractivity contribution in [3.05, 3.63) is 336 Å². The first kappa shape index (κ1) is 55.6. The SMILES string of the molecule is Clc1nc(-c2ccc3c(ccc4ccccc43)c2)c2sc3ccccc3c2n1.[C+]1=CC2=C(c3ccccc31)c1cc3ccccc3cc1C2.c1ccc2cc3c(cc2c1)c1c2ccccc2ccc1n3-c1nc(-c2ccc3c(ccc4ccccc43)c2)c2sc3ccccc3c2n1. The lowest BCUT2D eigenvalue weighted by atomic mass is 9.89. The summed E-state index contributed by atoms with van der Waals surface area (Å²) in [5.41, 5.74) is 16.3. The van der Waals surface area contributed by atoms with Gasteiger partial charge in [-0.2, -0.15) is 0 Å². The predicted octanol–water partition coefficient (Wildman–Crippen LogP) is 24.6. The van der Waals surface area contributed by atoms with E-state index >= 15 is 0 Å². The minimum atomic E-state index is 0.282. The number of hydrogen-bond donors (Lipinski definition) is 0. The number of aromatic nitrogens is 5. The van der Waals surface area contributed by atoms with Gasteiger partial charge in [0, 0.05) is 71.8 Å². The number of nitrogens with zero attached hydrogens (tertiary/aromatic N) is 5. The molecule has 0 fully saturated rings. The Morgan fingerprint density at radius 2 is 0.835 bits per heavy atom. The van der Waals surface area contributed by atoms with Crippen LogP contribution < -0.4 is 0 Å². The summed E-state index contributed by atoms with van der Waals surface area (Å²) in [6, 6.07) is 104. The molecule has 8 heteroatoms. The van der Waals surface area contributed by atoms with Crippen molar-refractivity contribution in [3.63, 3.8) is 0 Å². The summed E-state index contributed by atoms with van der Waals surface area (Å²) in [5, 5.41) is 22.5. The van der Waals surface area contributed by atoms with Crippen molar-refractivity contribution in [3.8, 4) is 28.5 Å². The third kappa shape index (κ3) is 9.09. The standard InChI is InChI=1S/C44H25N3S.C24H13ClN2S.C21H13/c1-2-12-29-25-38-36(24-28(29)11-1)40-34-14-6-4-10-27(34)20-22-37(40)47(38)44-45-41(43-42(46-44)35-15-7-8-16-39(35)48-43)31-19-21-33-30(23-31)18-17-26-9-3-5-13-32(26)33;25-24-26-21(23-22(27-24)19-7-3-4-8-20(19)28-23)16-11-12-18-15(13-16)10-9-14-5-1-2-6-17(14)18;1-2-7-16-13-20-18(11-15(16)6-1)12-17-10-9-14-5-3-4-8-19(14)21(17)20/h1-25H;1-13H;1-8,10-11,13H,12H2/q;;+1. The normalized spacial score (nSPS) is 12.6. The number of allylic oxidation sites excluding steroid dienone is 2. The van der Waals surface area contributed by atoms with E-state index in [4.69, 9.17) is 21.6 Å². The summed E-state index contributed by atoms with van der Waals surface area (Å²) in [5.74, 6) is 0.685. The van der Waals surface area contributed by atoms with Gasteiger partial charge in [0.05, 0.1) is 60.1 Å². The summed E-state index contributed by atoms with van der Waals surface area (Å²) in [4.78, 5) is 20.0. The molecule has 5 aromatic heterocycles. The molecule has 0 radical (unpaired) electrons. The molecule has 0 N–H and O–H groups in total. The highest BCUT2D eigenvalue weighted by Gasteiger charge is 2.32. The van der Waals surface area contributed by atoms with Crippen molar-refractivity contribution in [2.24, 2.45) is 0 Å². The van der Waals surface area contributed by atoms with E-state index in [1.165, 1.54) is 129 Å². The Hall–Kier alpha value is -11.8. The number of hydrogen-bond acceptors (Lipinski definition) is 6. The first-order valence-electron chi connectivity index (χ1n) is 32.6. The van der Waals surface area contributed by atoms with E-state index in [2.05, 4.69) is 306 Å². The molecule has 0 unspecified atom stereocenters. The van der Waals surface area contributed by atoms with E-state index in [1.54, 1.807) is 22.7 Å². The summed E-state index contributed by atoms with van der Waals surface area (Å²) in [6.07, 6.45) is 6.62. The third-order valence-electron chi connectivity index (χ3n) is 19.7. The molecule has 2 aliphatic carbocycles. The lowest BCUT2D eigenvalue weighted by Crippen LogP contribution is -2.02. The van der Waals surface area contributed by atoms with Crippen LogP contribution in [-0.4, -0.2) is 24.5 Å². The van der Waals surface area contributed by atoms with E-state index < -0.39 is 0 Å². The molecular formula is C89H51ClN5S2+. The third-order valence-corrected chi connectivity index (χ3v) is 22.2. The van der Waals surface area contributed by atoms with Crippen LogP contribution in [0.25, 0.3) is 172 Å². The molecule has 0 amide bonds. The molecule has 2 aliphatic rings. The van der Waals surface area contributed by atoms with E-state index in [-0.39, 0.29) is 5.28 Å². The molecule has 5 nitrogen and oxygen atoms in total. The van der Waals surface area contributed by atoms with Crippen LogP contribution in [0.3, 0.4) is 0 Å². The zero-order chi connectivity index (χ0) is 63.8. The van der Waals surface area contributed by atoms with Crippen molar-refractivity contribution < 1.29 is 0 Å². The van der Waals surface area contributed by atoms with Crippen molar-refractivity contribution in [1.82, 2.24) is 24.5 Å². The Morgan fingerprint density at radius 3 is 1.48 bits per heavy atom. The highest BCUT2D eigenvalue weighted by Crippen LogP contribution is 2.46. The van der Waals surface area contributed by atoms with Gasteiger partial charge < -0.3 is 0 Å². The van der Waals surface area contributed by atoms with Crippen LogP contribution in [0.15, 0.2) is 303 Å². The minimum Gasteiger partial charge on any atom is -0.278 e. The number of benzene rings is 15. The molecule has 0 atom stereocenters. The molecular weight excluding hydrogens is 1240 g/mol. The maximum Gasteiger partial charge on any atom is 0.235 e. The Kier molecular flexibility index (Phi) is 12.7. The van der Waals surface area contributed by atoms with Crippen LogP contribution in [-0.2, 0) is 6.42 Å². The van der Waals surface area contributed by atoms with Crippen LogP contribution in [0.1, 0.15) is 22.3 Å². The van der Waals surface area contributed by atoms with Gasteiger partial charge in [-0.05, 0) is 165 Å². The van der Waals surface area contributed by atoms with Gasteiger partial charge in [-0.15, -0.1) is 22.7 Å². The van der Waals surface area contributed by atoms with Crippen molar-refractivity contribution in [1.29, 1.82) is 0 Å². The lowest BCUT2D eigenvalue weighted by Gasteiger charge is -2.11. The van der Waals surface area contributed by atoms with Crippen molar-refractivity contribution >= 4 is 178 Å². The van der Waals surface area contributed by atoms with Gasteiger partial charge in [0.1, 0.15) is 0 Å². The highest BCUT2D eigenvalue weighted by atomic mass is 35.5. The molecule has 0 spiro atoms. The quantitative estimate of drug-likeness (QED) is 0.100. The first-order valence-corrected chi connectivity index (χ1v) is 34.6. The van der Waals surface area contributed by atoms with E-state index in [0.29, 0.717) is 5.95 Å². The van der Waals surface area contributed by atoms with Crippen LogP contribution >= 0.6 is 34.3 Å². The Morgan fingerprint density at radius 1 is 0.351 bits per heavy atom. The van der Waals surface area contributed by atoms with E-state index in [9.17, 15) is 0 Å². The molecule has 450 valence electrons. The Labute approximate surface area is 569 Å². The summed E-state index contributed by atoms with van der Waals surface area (Å²) < 4.78 is 6.88. The molecule has 0 saturated heterocycles. The second kappa shape index (κ2) is 22.2. The van der Waals surface area contributed by atoms with Crippen LogP contribution in [0.4, 0.5) is 0 Å². The number of halogens is 1. The second-order valence-electron chi connectivity index (χ2n) is 25.2. The van der Waals surface area contributed by atoms with E-state index in [0.717, 1.165) is 71.2 Å². The van der Waals surface area contributed by atoms with Crippen LogP contribution in [0.2, 0.25) is 5.28 Å². The molecule has 0 bridgehead atoms. The van der Waals surface area contributed by atoms with Gasteiger partial charge in [-0.25, -0.2) is 19.9 Å². The molecule has 15 aromatic carbocycles. The summed E-state index contributed by atoms with van der Waals surface area (Å²) >= 11 is 9.80. The topological polar surface area (TPSA) is 56.5 Å². The monoisotopic (exact) mass is 1290 g/mol. The largest absolute Gasteiger partial charge is 0.278 e. The minimum absolute atomic E-state index is 0.282. The zero-order valence-corrected chi connectivity index (χ0v) is 54.3. The van der Waals surface area contributed by atoms with Gasteiger partial charge in [-0.3, -0.25) is 4.57 Å². The molecule has 22 rings (SSSR count). The fraction of sp³-hybridized carbons (Fsp3) is 0.0112. The fourth-order valence-corrected chi connectivity index (χ4v) is 17.7. The number of thiophene rings is 2. The second-order valence-corrected chi connectivity index (χ2v) is 27.7. The van der Waals surface area contributed by atoms with Gasteiger partial charge in [0.15, 0.2) is 5.56 Å². The van der Waals surface area contributed by atoms with Crippen LogP contribution in [0, 0.1) is 6.08 Å². The van der Waals surface area contributed by atoms with Gasteiger partial charge in [0.25, 0.3) is 0 Å². The lowest BCUT2D eigenvalue weighted by molar-refractivity contribution is 1.02. The fourth-order valence-electron chi connectivity index (χ4n) is 15.2. The summed E-state index contributed by atoms with van der Waals surface area (Å²) in [6.45, 7) is 0. The molecule has 5 heterocycles.